The van der Waals surface area contributed by atoms with Gasteiger partial charge in [0.15, 0.2) is 0 Å². The molecule has 2 atom stereocenters. The summed E-state index contributed by atoms with van der Waals surface area (Å²) >= 11 is 0. The maximum absolute atomic E-state index is 10.5. The van der Waals surface area contributed by atoms with Crippen LogP contribution in [0.5, 0.6) is 0 Å². The second-order valence-electron chi connectivity index (χ2n) is 3.04. The summed E-state index contributed by atoms with van der Waals surface area (Å²) in [4.78, 5) is 10.5. The largest absolute Gasteiger partial charge is 0.481 e. The van der Waals surface area contributed by atoms with Crippen LogP contribution in [-0.4, -0.2) is 17.6 Å². The van der Waals surface area contributed by atoms with E-state index in [1.165, 1.54) is 0 Å². The van der Waals surface area contributed by atoms with E-state index in [2.05, 4.69) is 0 Å². The predicted molar refractivity (Wildman–Crippen MR) is 44.3 cm³/mol. The molecule has 0 fully saturated rings. The van der Waals surface area contributed by atoms with E-state index in [-0.39, 0.29) is 11.8 Å². The van der Waals surface area contributed by atoms with Crippen LogP contribution >= 0.6 is 0 Å². The van der Waals surface area contributed by atoms with Crippen LogP contribution in [0, 0.1) is 11.8 Å². The molecule has 0 rings (SSSR count). The first-order valence-electron chi connectivity index (χ1n) is 4.02. The Labute approximate surface area is 67.6 Å². The summed E-state index contributed by atoms with van der Waals surface area (Å²) in [6.07, 6.45) is 1.82. The molecule has 3 N–H and O–H groups in total. The topological polar surface area (TPSA) is 63.3 Å². The molecule has 11 heavy (non-hydrogen) atoms. The molecule has 0 aromatic rings. The Balaban J connectivity index is 3.63. The lowest BCUT2D eigenvalue weighted by molar-refractivity contribution is -0.142. The number of carboxylic acid groups (broad SMARTS) is 1. The highest BCUT2D eigenvalue weighted by atomic mass is 16.4. The van der Waals surface area contributed by atoms with Crippen molar-refractivity contribution < 1.29 is 9.90 Å². The number of carboxylic acids is 1. The summed E-state index contributed by atoms with van der Waals surface area (Å²) in [6, 6.07) is 0. The second-order valence-corrected chi connectivity index (χ2v) is 3.04. The second kappa shape index (κ2) is 5.13. The average Bonchev–Trinajstić information content (AvgIpc) is 1.98. The van der Waals surface area contributed by atoms with E-state index in [1.54, 1.807) is 6.92 Å². The Kier molecular flexibility index (Phi) is 4.86. The van der Waals surface area contributed by atoms with Gasteiger partial charge in [-0.3, -0.25) is 4.79 Å². The van der Waals surface area contributed by atoms with Gasteiger partial charge >= 0.3 is 5.97 Å². The molecule has 0 aliphatic rings. The minimum absolute atomic E-state index is 0.232. The first-order chi connectivity index (χ1) is 5.09. The summed E-state index contributed by atoms with van der Waals surface area (Å²) in [5, 5.41) is 8.62. The van der Waals surface area contributed by atoms with Gasteiger partial charge in [0.05, 0.1) is 5.92 Å². The maximum atomic E-state index is 10.5. The van der Waals surface area contributed by atoms with Gasteiger partial charge in [-0.15, -0.1) is 0 Å². The molecule has 66 valence electrons. The van der Waals surface area contributed by atoms with Gasteiger partial charge in [0.1, 0.15) is 0 Å². The standard InChI is InChI=1S/C8H17NO2/c1-6(4-3-5-9)7(2)8(10)11/h6-7H,3-5,9H2,1-2H3,(H,10,11). The molecule has 0 spiro atoms. The highest BCUT2D eigenvalue weighted by Gasteiger charge is 2.17. The lowest BCUT2D eigenvalue weighted by atomic mass is 9.92. The van der Waals surface area contributed by atoms with Gasteiger partial charge in [-0.1, -0.05) is 13.8 Å². The quantitative estimate of drug-likeness (QED) is 0.631. The van der Waals surface area contributed by atoms with Crippen molar-refractivity contribution >= 4 is 5.97 Å². The lowest BCUT2D eigenvalue weighted by Crippen LogP contribution is -2.18. The average molecular weight is 159 g/mol. The monoisotopic (exact) mass is 159 g/mol. The summed E-state index contributed by atoms with van der Waals surface area (Å²) in [7, 11) is 0. The molecule has 0 aromatic carbocycles. The minimum atomic E-state index is -0.713. The van der Waals surface area contributed by atoms with Crippen molar-refractivity contribution in [2.75, 3.05) is 6.54 Å². The van der Waals surface area contributed by atoms with E-state index in [0.717, 1.165) is 12.8 Å². The fourth-order valence-electron chi connectivity index (χ4n) is 0.933. The fourth-order valence-corrected chi connectivity index (χ4v) is 0.933. The van der Waals surface area contributed by atoms with Crippen LogP contribution in [0.4, 0.5) is 0 Å². The van der Waals surface area contributed by atoms with Crippen molar-refractivity contribution in [1.29, 1.82) is 0 Å². The van der Waals surface area contributed by atoms with Crippen molar-refractivity contribution in [3.8, 4) is 0 Å². The Hall–Kier alpha value is -0.570. The molecule has 0 heterocycles. The lowest BCUT2D eigenvalue weighted by Gasteiger charge is -2.14. The number of nitrogens with two attached hydrogens (primary N) is 1. The Bertz CT molecular complexity index is 125. The van der Waals surface area contributed by atoms with Crippen LogP contribution in [0.1, 0.15) is 26.7 Å². The van der Waals surface area contributed by atoms with Gasteiger partial charge in [-0.05, 0) is 25.3 Å². The third-order valence-corrected chi connectivity index (χ3v) is 2.11. The molecule has 0 aliphatic carbocycles. The maximum Gasteiger partial charge on any atom is 0.306 e. The Morgan fingerprint density at radius 1 is 1.55 bits per heavy atom. The first kappa shape index (κ1) is 10.4. The van der Waals surface area contributed by atoms with Crippen molar-refractivity contribution in [3.63, 3.8) is 0 Å². The number of aliphatic carboxylic acids is 1. The highest BCUT2D eigenvalue weighted by molar-refractivity contribution is 5.69. The molecule has 0 aliphatic heterocycles. The normalized spacial score (nSPS) is 15.9. The van der Waals surface area contributed by atoms with Gasteiger partial charge in [0.2, 0.25) is 0 Å². The van der Waals surface area contributed by atoms with Gasteiger partial charge in [0.25, 0.3) is 0 Å². The van der Waals surface area contributed by atoms with Crippen LogP contribution in [0.3, 0.4) is 0 Å². The van der Waals surface area contributed by atoms with Crippen LogP contribution < -0.4 is 5.73 Å². The van der Waals surface area contributed by atoms with Crippen molar-refractivity contribution in [2.24, 2.45) is 17.6 Å². The minimum Gasteiger partial charge on any atom is -0.481 e. The molecular formula is C8H17NO2. The van der Waals surface area contributed by atoms with E-state index in [9.17, 15) is 4.79 Å². The predicted octanol–water partition coefficient (Wildman–Crippen LogP) is 1.08. The molecular weight excluding hydrogens is 142 g/mol. The molecule has 3 nitrogen and oxygen atoms in total. The Morgan fingerprint density at radius 2 is 2.09 bits per heavy atom. The molecule has 0 amide bonds. The fraction of sp³-hybridized carbons (Fsp3) is 0.875. The number of hydrogen-bond acceptors (Lipinski definition) is 2. The zero-order valence-corrected chi connectivity index (χ0v) is 7.21. The van der Waals surface area contributed by atoms with Crippen LogP contribution in [0.25, 0.3) is 0 Å². The van der Waals surface area contributed by atoms with Crippen LogP contribution in [-0.2, 0) is 4.79 Å². The summed E-state index contributed by atoms with van der Waals surface area (Å²) in [5.41, 5.74) is 5.31. The SMILES string of the molecule is CC(CCCN)C(C)C(=O)O. The smallest absolute Gasteiger partial charge is 0.306 e. The number of hydrogen-bond donors (Lipinski definition) is 2. The van der Waals surface area contributed by atoms with E-state index < -0.39 is 5.97 Å². The zero-order chi connectivity index (χ0) is 8.85. The molecule has 0 bridgehead atoms. The summed E-state index contributed by atoms with van der Waals surface area (Å²) in [6.45, 7) is 4.34. The third-order valence-electron chi connectivity index (χ3n) is 2.11. The molecule has 3 heteroatoms. The van der Waals surface area contributed by atoms with Crippen molar-refractivity contribution in [1.82, 2.24) is 0 Å². The van der Waals surface area contributed by atoms with Gasteiger partial charge in [-0.25, -0.2) is 0 Å². The summed E-state index contributed by atoms with van der Waals surface area (Å²) < 4.78 is 0. The van der Waals surface area contributed by atoms with Gasteiger partial charge in [0, 0.05) is 0 Å². The van der Waals surface area contributed by atoms with E-state index in [1.807, 2.05) is 6.92 Å². The van der Waals surface area contributed by atoms with Crippen molar-refractivity contribution in [3.05, 3.63) is 0 Å². The highest BCUT2D eigenvalue weighted by Crippen LogP contribution is 2.16. The van der Waals surface area contributed by atoms with Crippen LogP contribution in [0.2, 0.25) is 0 Å². The number of carbonyl (C=O) groups is 1. The van der Waals surface area contributed by atoms with Crippen molar-refractivity contribution in [2.45, 2.75) is 26.7 Å². The first-order valence-corrected chi connectivity index (χ1v) is 4.02. The molecule has 2 unspecified atom stereocenters. The molecule has 0 saturated carbocycles. The molecule has 0 radical (unpaired) electrons. The number of rotatable bonds is 5. The molecule has 0 aromatic heterocycles. The van der Waals surface area contributed by atoms with Crippen LogP contribution in [0.15, 0.2) is 0 Å². The van der Waals surface area contributed by atoms with E-state index in [4.69, 9.17) is 10.8 Å². The van der Waals surface area contributed by atoms with Gasteiger partial charge in [-0.2, -0.15) is 0 Å². The van der Waals surface area contributed by atoms with Gasteiger partial charge < -0.3 is 10.8 Å². The molecule has 0 saturated heterocycles. The van der Waals surface area contributed by atoms with E-state index >= 15 is 0 Å². The Morgan fingerprint density at radius 3 is 2.45 bits per heavy atom. The summed E-state index contributed by atoms with van der Waals surface area (Å²) in [5.74, 6) is -0.730. The van der Waals surface area contributed by atoms with E-state index in [0.29, 0.717) is 6.54 Å². The zero-order valence-electron chi connectivity index (χ0n) is 7.21. The third kappa shape index (κ3) is 3.98.